The summed E-state index contributed by atoms with van der Waals surface area (Å²) in [6, 6.07) is 0. The topological polar surface area (TPSA) is 45.6 Å². The van der Waals surface area contributed by atoms with Crippen molar-refractivity contribution in [1.29, 1.82) is 0 Å². The number of aliphatic hydroxyl groups excluding tert-OH is 1. The standard InChI is InChI=1S/C15H24N2O2S/c1-15(2)7-11-13(12(18)8-15)20-14(16-11)17-6-4-5-10(9-17)19-3/h10,12,18H,4-9H2,1-3H3. The summed E-state index contributed by atoms with van der Waals surface area (Å²) < 4.78 is 5.48. The van der Waals surface area contributed by atoms with E-state index in [4.69, 9.17) is 9.72 Å². The second-order valence-electron chi connectivity index (χ2n) is 6.81. The lowest BCUT2D eigenvalue weighted by Crippen LogP contribution is -2.39. The fraction of sp³-hybridized carbons (Fsp3) is 0.800. The number of ether oxygens (including phenoxy) is 1. The molecule has 0 radical (unpaired) electrons. The van der Waals surface area contributed by atoms with E-state index in [2.05, 4.69) is 18.7 Å². The normalized spacial score (nSPS) is 29.3. The van der Waals surface area contributed by atoms with Gasteiger partial charge in [-0.2, -0.15) is 0 Å². The smallest absolute Gasteiger partial charge is 0.185 e. The zero-order valence-electron chi connectivity index (χ0n) is 12.6. The van der Waals surface area contributed by atoms with Crippen molar-refractivity contribution in [3.8, 4) is 0 Å². The van der Waals surface area contributed by atoms with Gasteiger partial charge >= 0.3 is 0 Å². The molecule has 1 aromatic heterocycles. The molecule has 2 unspecified atom stereocenters. The van der Waals surface area contributed by atoms with Gasteiger partial charge in [0.05, 0.1) is 22.8 Å². The number of anilines is 1. The molecule has 0 amide bonds. The number of aliphatic hydroxyl groups is 1. The van der Waals surface area contributed by atoms with Gasteiger partial charge in [0.25, 0.3) is 0 Å². The van der Waals surface area contributed by atoms with Gasteiger partial charge in [0, 0.05) is 20.2 Å². The zero-order chi connectivity index (χ0) is 14.3. The molecule has 20 heavy (non-hydrogen) atoms. The van der Waals surface area contributed by atoms with Crippen LogP contribution in [0, 0.1) is 5.41 Å². The fourth-order valence-corrected chi connectivity index (χ4v) is 4.42. The highest BCUT2D eigenvalue weighted by Crippen LogP contribution is 2.44. The summed E-state index contributed by atoms with van der Waals surface area (Å²) in [6.45, 7) is 6.38. The van der Waals surface area contributed by atoms with Crippen LogP contribution in [0.5, 0.6) is 0 Å². The molecule has 1 aliphatic carbocycles. The van der Waals surface area contributed by atoms with Gasteiger partial charge in [-0.3, -0.25) is 0 Å². The molecule has 0 aromatic carbocycles. The summed E-state index contributed by atoms with van der Waals surface area (Å²) in [7, 11) is 1.79. The molecule has 1 aromatic rings. The van der Waals surface area contributed by atoms with Gasteiger partial charge in [-0.1, -0.05) is 25.2 Å². The number of hydrogen-bond acceptors (Lipinski definition) is 5. The number of rotatable bonds is 2. The summed E-state index contributed by atoms with van der Waals surface area (Å²) in [5, 5.41) is 11.4. The molecule has 112 valence electrons. The first-order valence-electron chi connectivity index (χ1n) is 7.44. The van der Waals surface area contributed by atoms with Crippen molar-refractivity contribution in [2.24, 2.45) is 5.41 Å². The number of aromatic nitrogens is 1. The van der Waals surface area contributed by atoms with E-state index in [0.717, 1.165) is 54.5 Å². The maximum Gasteiger partial charge on any atom is 0.185 e. The Bertz CT molecular complexity index is 486. The van der Waals surface area contributed by atoms with Crippen molar-refractivity contribution < 1.29 is 9.84 Å². The highest BCUT2D eigenvalue weighted by molar-refractivity contribution is 7.15. The molecular weight excluding hydrogens is 272 g/mol. The van der Waals surface area contributed by atoms with Gasteiger partial charge in [0.1, 0.15) is 0 Å². The van der Waals surface area contributed by atoms with Crippen molar-refractivity contribution in [2.45, 2.75) is 51.7 Å². The van der Waals surface area contributed by atoms with Crippen molar-refractivity contribution >= 4 is 16.5 Å². The molecule has 1 fully saturated rings. The van der Waals surface area contributed by atoms with Gasteiger partial charge < -0.3 is 14.7 Å². The summed E-state index contributed by atoms with van der Waals surface area (Å²) >= 11 is 1.67. The first kappa shape index (κ1) is 14.3. The molecule has 5 heteroatoms. The SMILES string of the molecule is COC1CCCN(c2nc3c(s2)C(O)CC(C)(C)C3)C1. The molecule has 3 rings (SSSR count). The maximum atomic E-state index is 10.3. The van der Waals surface area contributed by atoms with E-state index in [1.807, 2.05) is 0 Å². The highest BCUT2D eigenvalue weighted by Gasteiger charge is 2.35. The maximum absolute atomic E-state index is 10.3. The third kappa shape index (κ3) is 2.71. The Hall–Kier alpha value is -0.650. The lowest BCUT2D eigenvalue weighted by molar-refractivity contribution is 0.0892. The average Bonchev–Trinajstić information content (AvgIpc) is 2.81. The lowest BCUT2D eigenvalue weighted by atomic mass is 9.77. The van der Waals surface area contributed by atoms with Crippen LogP contribution in [0.2, 0.25) is 0 Å². The van der Waals surface area contributed by atoms with Gasteiger partial charge in [0.15, 0.2) is 5.13 Å². The first-order chi connectivity index (χ1) is 9.48. The van der Waals surface area contributed by atoms with E-state index in [0.29, 0.717) is 6.10 Å². The molecule has 1 N–H and O–H groups in total. The highest BCUT2D eigenvalue weighted by atomic mass is 32.1. The molecule has 1 saturated heterocycles. The monoisotopic (exact) mass is 296 g/mol. The van der Waals surface area contributed by atoms with E-state index in [-0.39, 0.29) is 11.5 Å². The second kappa shape index (κ2) is 5.28. The Morgan fingerprint density at radius 1 is 1.45 bits per heavy atom. The quantitative estimate of drug-likeness (QED) is 0.911. The van der Waals surface area contributed by atoms with Crippen molar-refractivity contribution in [3.63, 3.8) is 0 Å². The molecule has 0 spiro atoms. The predicted octanol–water partition coefficient (Wildman–Crippen LogP) is 2.76. The Morgan fingerprint density at radius 2 is 2.25 bits per heavy atom. The van der Waals surface area contributed by atoms with Crippen LogP contribution >= 0.6 is 11.3 Å². The molecule has 2 atom stereocenters. The molecule has 0 bridgehead atoms. The van der Waals surface area contributed by atoms with Crippen LogP contribution in [0.25, 0.3) is 0 Å². The van der Waals surface area contributed by atoms with Crippen molar-refractivity contribution in [1.82, 2.24) is 4.98 Å². The number of thiazole rings is 1. The summed E-state index contributed by atoms with van der Waals surface area (Å²) in [5.41, 5.74) is 1.25. The predicted molar refractivity (Wildman–Crippen MR) is 81.4 cm³/mol. The lowest BCUT2D eigenvalue weighted by Gasteiger charge is -2.31. The number of piperidine rings is 1. The van der Waals surface area contributed by atoms with Crippen LogP contribution in [-0.4, -0.2) is 36.4 Å². The average molecular weight is 296 g/mol. The molecule has 2 aliphatic rings. The molecular formula is C15H24N2O2S. The Balaban J connectivity index is 1.83. The van der Waals surface area contributed by atoms with Gasteiger partial charge in [-0.15, -0.1) is 0 Å². The van der Waals surface area contributed by atoms with E-state index in [9.17, 15) is 5.11 Å². The van der Waals surface area contributed by atoms with Crippen LogP contribution in [0.4, 0.5) is 5.13 Å². The molecule has 4 nitrogen and oxygen atoms in total. The minimum Gasteiger partial charge on any atom is -0.387 e. The number of fused-ring (bicyclic) bond motifs is 1. The minimum absolute atomic E-state index is 0.148. The molecule has 1 aliphatic heterocycles. The Labute approximate surface area is 124 Å². The number of hydrogen-bond donors (Lipinski definition) is 1. The van der Waals surface area contributed by atoms with Crippen LogP contribution in [0.3, 0.4) is 0 Å². The first-order valence-corrected chi connectivity index (χ1v) is 8.25. The van der Waals surface area contributed by atoms with Crippen LogP contribution < -0.4 is 4.90 Å². The van der Waals surface area contributed by atoms with Crippen LogP contribution in [0.1, 0.15) is 49.8 Å². The Morgan fingerprint density at radius 3 is 3.00 bits per heavy atom. The Kier molecular flexibility index (Phi) is 3.77. The van der Waals surface area contributed by atoms with Crippen molar-refractivity contribution in [3.05, 3.63) is 10.6 Å². The second-order valence-corrected chi connectivity index (χ2v) is 7.82. The van der Waals surface area contributed by atoms with E-state index >= 15 is 0 Å². The largest absolute Gasteiger partial charge is 0.387 e. The molecule has 2 heterocycles. The number of methoxy groups -OCH3 is 1. The van der Waals surface area contributed by atoms with E-state index in [1.165, 1.54) is 0 Å². The third-order valence-electron chi connectivity index (χ3n) is 4.39. The fourth-order valence-electron chi connectivity index (χ4n) is 3.32. The number of nitrogens with zero attached hydrogens (tertiary/aromatic N) is 2. The van der Waals surface area contributed by atoms with Gasteiger partial charge in [-0.25, -0.2) is 4.98 Å². The van der Waals surface area contributed by atoms with E-state index in [1.54, 1.807) is 18.4 Å². The zero-order valence-corrected chi connectivity index (χ0v) is 13.4. The summed E-state index contributed by atoms with van der Waals surface area (Å²) in [5.74, 6) is 0. The summed E-state index contributed by atoms with van der Waals surface area (Å²) in [4.78, 5) is 8.22. The van der Waals surface area contributed by atoms with Gasteiger partial charge in [0.2, 0.25) is 0 Å². The van der Waals surface area contributed by atoms with Crippen molar-refractivity contribution in [2.75, 3.05) is 25.1 Å². The third-order valence-corrected chi connectivity index (χ3v) is 5.65. The van der Waals surface area contributed by atoms with Crippen LogP contribution in [-0.2, 0) is 11.2 Å². The summed E-state index contributed by atoms with van der Waals surface area (Å²) in [6.07, 6.45) is 4.05. The van der Waals surface area contributed by atoms with E-state index < -0.39 is 0 Å². The molecule has 0 saturated carbocycles. The minimum atomic E-state index is -0.344. The van der Waals surface area contributed by atoms with Crippen LogP contribution in [0.15, 0.2) is 0 Å². The van der Waals surface area contributed by atoms with Gasteiger partial charge in [-0.05, 0) is 31.1 Å².